The van der Waals surface area contributed by atoms with Crippen LogP contribution in [0.5, 0.6) is 0 Å². The Morgan fingerprint density at radius 2 is 2.18 bits per heavy atom. The summed E-state index contributed by atoms with van der Waals surface area (Å²) in [7, 11) is -3.45. The maximum absolute atomic E-state index is 11.6. The quantitative estimate of drug-likeness (QED) is 0.760. The van der Waals surface area contributed by atoms with Gasteiger partial charge in [0.15, 0.2) is 0 Å². The Balaban J connectivity index is 2.44. The highest BCUT2D eigenvalue weighted by Gasteiger charge is 2.25. The van der Waals surface area contributed by atoms with E-state index in [9.17, 15) is 13.2 Å². The van der Waals surface area contributed by atoms with E-state index in [0.29, 0.717) is 5.25 Å². The van der Waals surface area contributed by atoms with Gasteiger partial charge >= 0.3 is 5.97 Å². The molecule has 1 aliphatic carbocycles. The molecule has 0 radical (unpaired) electrons. The third-order valence-electron chi connectivity index (χ3n) is 2.89. The van der Waals surface area contributed by atoms with E-state index in [-0.39, 0.29) is 18.2 Å². The Kier molecular flexibility index (Phi) is 5.75. The van der Waals surface area contributed by atoms with Crippen LogP contribution in [0.1, 0.15) is 32.1 Å². The predicted molar refractivity (Wildman–Crippen MR) is 68.7 cm³/mol. The summed E-state index contributed by atoms with van der Waals surface area (Å²) in [6, 6.07) is -0.0278. The maximum atomic E-state index is 11.6. The average Bonchev–Trinajstić information content (AvgIpc) is 2.26. The minimum Gasteiger partial charge on any atom is -0.481 e. The molecule has 0 spiro atoms. The fourth-order valence-corrected chi connectivity index (χ4v) is 4.11. The zero-order valence-corrected chi connectivity index (χ0v) is 11.5. The topological polar surface area (TPSA) is 83.5 Å². The van der Waals surface area contributed by atoms with E-state index in [1.54, 1.807) is 11.8 Å². The van der Waals surface area contributed by atoms with Gasteiger partial charge in [-0.2, -0.15) is 11.8 Å². The Labute approximate surface area is 106 Å². The molecule has 5 nitrogen and oxygen atoms in total. The van der Waals surface area contributed by atoms with Crippen molar-refractivity contribution in [3.63, 3.8) is 0 Å². The van der Waals surface area contributed by atoms with Gasteiger partial charge in [-0.25, -0.2) is 13.1 Å². The monoisotopic (exact) mass is 281 g/mol. The standard InChI is InChI=1S/C10H19NO4S2/c1-16-9-4-2-3-8(7-9)11-17(14,15)6-5-10(12)13/h8-9,11H,2-7H2,1H3,(H,12,13). The molecular weight excluding hydrogens is 262 g/mol. The third kappa shape index (κ3) is 5.74. The van der Waals surface area contributed by atoms with E-state index in [1.807, 2.05) is 6.26 Å². The number of aliphatic carboxylic acids is 1. The molecule has 0 aliphatic heterocycles. The van der Waals surface area contributed by atoms with Crippen molar-refractivity contribution in [3.8, 4) is 0 Å². The molecule has 100 valence electrons. The van der Waals surface area contributed by atoms with Crippen LogP contribution in [0.2, 0.25) is 0 Å². The molecule has 7 heteroatoms. The largest absolute Gasteiger partial charge is 0.481 e. The first-order valence-electron chi connectivity index (χ1n) is 5.67. The van der Waals surface area contributed by atoms with Crippen molar-refractivity contribution in [2.45, 2.75) is 43.4 Å². The van der Waals surface area contributed by atoms with Crippen molar-refractivity contribution in [2.24, 2.45) is 0 Å². The Morgan fingerprint density at radius 3 is 2.76 bits per heavy atom. The summed E-state index contributed by atoms with van der Waals surface area (Å²) in [4.78, 5) is 10.3. The fourth-order valence-electron chi connectivity index (χ4n) is 2.00. The first-order valence-corrected chi connectivity index (χ1v) is 8.61. The minimum atomic E-state index is -3.45. The zero-order chi connectivity index (χ0) is 12.9. The molecule has 0 aromatic heterocycles. The predicted octanol–water partition coefficient (Wildman–Crippen LogP) is 1.05. The second-order valence-electron chi connectivity index (χ2n) is 4.30. The average molecular weight is 281 g/mol. The first-order chi connectivity index (χ1) is 7.93. The Morgan fingerprint density at radius 1 is 1.47 bits per heavy atom. The van der Waals surface area contributed by atoms with Crippen LogP contribution in [0.25, 0.3) is 0 Å². The van der Waals surface area contributed by atoms with E-state index in [1.165, 1.54) is 0 Å². The van der Waals surface area contributed by atoms with Gasteiger partial charge < -0.3 is 5.11 Å². The molecule has 2 unspecified atom stereocenters. The highest BCUT2D eigenvalue weighted by atomic mass is 32.2. The lowest BCUT2D eigenvalue weighted by molar-refractivity contribution is -0.136. The van der Waals surface area contributed by atoms with E-state index >= 15 is 0 Å². The van der Waals surface area contributed by atoms with Gasteiger partial charge in [-0.15, -0.1) is 0 Å². The van der Waals surface area contributed by atoms with E-state index < -0.39 is 16.0 Å². The van der Waals surface area contributed by atoms with Crippen LogP contribution in [0, 0.1) is 0 Å². The highest BCUT2D eigenvalue weighted by Crippen LogP contribution is 2.27. The highest BCUT2D eigenvalue weighted by molar-refractivity contribution is 7.99. The van der Waals surface area contributed by atoms with E-state index in [2.05, 4.69) is 4.72 Å². The van der Waals surface area contributed by atoms with Crippen molar-refractivity contribution in [1.29, 1.82) is 0 Å². The minimum absolute atomic E-state index is 0.0278. The summed E-state index contributed by atoms with van der Waals surface area (Å²) in [5, 5.41) is 8.98. The number of carbonyl (C=O) groups is 1. The van der Waals surface area contributed by atoms with Crippen LogP contribution in [0.3, 0.4) is 0 Å². The lowest BCUT2D eigenvalue weighted by Gasteiger charge is -2.28. The van der Waals surface area contributed by atoms with Gasteiger partial charge in [-0.1, -0.05) is 6.42 Å². The van der Waals surface area contributed by atoms with Gasteiger partial charge in [0.2, 0.25) is 10.0 Å². The Hall–Kier alpha value is -0.270. The number of rotatable bonds is 6. The number of sulfonamides is 1. The zero-order valence-electron chi connectivity index (χ0n) is 9.89. The normalized spacial score (nSPS) is 25.7. The molecule has 1 saturated carbocycles. The van der Waals surface area contributed by atoms with Crippen molar-refractivity contribution >= 4 is 27.8 Å². The first kappa shape index (κ1) is 14.8. The fraction of sp³-hybridized carbons (Fsp3) is 0.900. The summed E-state index contributed by atoms with van der Waals surface area (Å²) in [5.74, 6) is -1.41. The summed E-state index contributed by atoms with van der Waals surface area (Å²) in [6.45, 7) is 0. The third-order valence-corrected chi connectivity index (χ3v) is 5.42. The molecule has 1 aliphatic rings. The van der Waals surface area contributed by atoms with Crippen molar-refractivity contribution in [3.05, 3.63) is 0 Å². The van der Waals surface area contributed by atoms with Crippen LogP contribution < -0.4 is 4.72 Å². The molecule has 1 rings (SSSR count). The Bertz CT molecular complexity index is 355. The van der Waals surface area contributed by atoms with Gasteiger partial charge in [0.25, 0.3) is 0 Å². The molecule has 1 fully saturated rings. The summed E-state index contributed by atoms with van der Waals surface area (Å²) in [5.41, 5.74) is 0. The molecule has 0 aromatic rings. The molecule has 0 aromatic carbocycles. The summed E-state index contributed by atoms with van der Waals surface area (Å²) in [6.07, 6.45) is 5.54. The lowest BCUT2D eigenvalue weighted by Crippen LogP contribution is -2.40. The van der Waals surface area contributed by atoms with E-state index in [4.69, 9.17) is 5.11 Å². The molecule has 2 atom stereocenters. The van der Waals surface area contributed by atoms with Gasteiger partial charge in [-0.05, 0) is 25.5 Å². The molecule has 2 N–H and O–H groups in total. The maximum Gasteiger partial charge on any atom is 0.304 e. The molecule has 0 amide bonds. The molecule has 0 saturated heterocycles. The molecule has 0 heterocycles. The van der Waals surface area contributed by atoms with Gasteiger partial charge in [0.05, 0.1) is 12.2 Å². The molecule has 17 heavy (non-hydrogen) atoms. The second-order valence-corrected chi connectivity index (χ2v) is 7.31. The number of nitrogens with one attached hydrogen (secondary N) is 1. The van der Waals surface area contributed by atoms with Crippen LogP contribution in [0.15, 0.2) is 0 Å². The summed E-state index contributed by atoms with van der Waals surface area (Å²) >= 11 is 1.76. The van der Waals surface area contributed by atoms with Gasteiger partial charge in [0, 0.05) is 11.3 Å². The van der Waals surface area contributed by atoms with E-state index in [0.717, 1.165) is 25.7 Å². The van der Waals surface area contributed by atoms with Crippen LogP contribution in [-0.4, -0.2) is 42.8 Å². The van der Waals surface area contributed by atoms with Gasteiger partial charge in [0.1, 0.15) is 0 Å². The van der Waals surface area contributed by atoms with Crippen molar-refractivity contribution in [1.82, 2.24) is 4.72 Å². The van der Waals surface area contributed by atoms with Crippen LogP contribution in [0.4, 0.5) is 0 Å². The number of carboxylic acid groups (broad SMARTS) is 1. The SMILES string of the molecule is CSC1CCCC(NS(=O)(=O)CCC(=O)O)C1. The number of hydrogen-bond acceptors (Lipinski definition) is 4. The smallest absolute Gasteiger partial charge is 0.304 e. The number of hydrogen-bond donors (Lipinski definition) is 2. The van der Waals surface area contributed by atoms with Gasteiger partial charge in [-0.3, -0.25) is 4.79 Å². The second kappa shape index (κ2) is 6.61. The number of thioether (sulfide) groups is 1. The molecular formula is C10H19NO4S2. The summed E-state index contributed by atoms with van der Waals surface area (Å²) < 4.78 is 25.8. The van der Waals surface area contributed by atoms with Crippen LogP contribution >= 0.6 is 11.8 Å². The molecule has 0 bridgehead atoms. The van der Waals surface area contributed by atoms with Crippen molar-refractivity contribution in [2.75, 3.05) is 12.0 Å². The lowest BCUT2D eigenvalue weighted by atomic mass is 9.96. The number of carboxylic acids is 1. The van der Waals surface area contributed by atoms with Crippen molar-refractivity contribution < 1.29 is 18.3 Å². The van der Waals surface area contributed by atoms with Crippen LogP contribution in [-0.2, 0) is 14.8 Å².